The minimum Gasteiger partial charge on any atom is -0.0608 e. The van der Waals surface area contributed by atoms with Crippen molar-refractivity contribution < 1.29 is 0 Å². The minimum atomic E-state index is 1.20. The average Bonchev–Trinajstić information content (AvgIpc) is 2.11. The van der Waals surface area contributed by atoms with Crippen LogP contribution < -0.4 is 0 Å². The molecule has 0 spiro atoms. The number of allylic oxidation sites excluding steroid dienone is 1. The van der Waals surface area contributed by atoms with Crippen molar-refractivity contribution in [3.8, 4) is 0 Å². The van der Waals surface area contributed by atoms with Gasteiger partial charge in [0, 0.05) is 0 Å². The lowest BCUT2D eigenvalue weighted by Gasteiger charge is -2.03. The Morgan fingerprint density at radius 1 is 1.10 bits per heavy atom. The zero-order valence-corrected chi connectivity index (χ0v) is 5.72. The van der Waals surface area contributed by atoms with Gasteiger partial charge in [-0.15, -0.1) is 0 Å². The molecule has 48 valence electrons. The lowest BCUT2D eigenvalue weighted by molar-refractivity contribution is 1.11. The summed E-state index contributed by atoms with van der Waals surface area (Å²) in [4.78, 5) is 0. The van der Waals surface area contributed by atoms with E-state index in [-0.39, 0.29) is 0 Å². The molecule has 1 aromatic carbocycles. The Bertz CT molecular complexity index is 328. The van der Waals surface area contributed by atoms with Crippen LogP contribution in [0.2, 0.25) is 0 Å². The van der Waals surface area contributed by atoms with Gasteiger partial charge in [0.1, 0.15) is 0 Å². The van der Waals surface area contributed by atoms with E-state index in [1.165, 1.54) is 29.5 Å². The van der Waals surface area contributed by atoms with E-state index in [0.29, 0.717) is 0 Å². The first kappa shape index (κ1) is 4.73. The normalized spacial score (nSPS) is 17.8. The number of benzene rings is 1. The van der Waals surface area contributed by atoms with Gasteiger partial charge in [-0.05, 0) is 29.5 Å². The van der Waals surface area contributed by atoms with E-state index in [9.17, 15) is 0 Å². The summed E-state index contributed by atoms with van der Waals surface area (Å²) in [5, 5.41) is 0. The minimum absolute atomic E-state index is 1.20. The maximum atomic E-state index is 2.34. The fraction of sp³-hybridized carbons (Fsp3) is 0.200. The van der Waals surface area contributed by atoms with Gasteiger partial charge in [-0.25, -0.2) is 0 Å². The van der Waals surface area contributed by atoms with Crippen molar-refractivity contribution in [2.75, 3.05) is 0 Å². The van der Waals surface area contributed by atoms with Crippen molar-refractivity contribution >= 4 is 6.08 Å². The molecule has 0 atom stereocenters. The van der Waals surface area contributed by atoms with E-state index < -0.39 is 0 Å². The lowest BCUT2D eigenvalue weighted by Crippen LogP contribution is -1.88. The number of fused-ring (bicyclic) bond motifs is 1. The Labute approximate surface area is 60.2 Å². The summed E-state index contributed by atoms with van der Waals surface area (Å²) in [6.07, 6.45) is 4.75. The summed E-state index contributed by atoms with van der Waals surface area (Å²) in [7, 11) is 0. The van der Waals surface area contributed by atoms with Gasteiger partial charge < -0.3 is 0 Å². The Morgan fingerprint density at radius 2 is 2.10 bits per heavy atom. The Morgan fingerprint density at radius 3 is 3.10 bits per heavy atom. The van der Waals surface area contributed by atoms with E-state index in [4.69, 9.17) is 0 Å². The average molecular weight is 128 g/mol. The van der Waals surface area contributed by atoms with Gasteiger partial charge in [0.2, 0.25) is 0 Å². The van der Waals surface area contributed by atoms with Crippen LogP contribution in [0.5, 0.6) is 0 Å². The van der Waals surface area contributed by atoms with Crippen LogP contribution in [0.4, 0.5) is 0 Å². The SMILES string of the molecule is C1=C2Cc3ccc(c1c3)C2. The second kappa shape index (κ2) is 1.34. The number of hydrogen-bond acceptors (Lipinski definition) is 0. The predicted octanol–water partition coefficient (Wildman–Crippen LogP) is 2.18. The van der Waals surface area contributed by atoms with E-state index in [2.05, 4.69) is 24.3 Å². The van der Waals surface area contributed by atoms with E-state index in [1.54, 1.807) is 5.57 Å². The highest BCUT2D eigenvalue weighted by Crippen LogP contribution is 2.32. The molecule has 2 aliphatic rings. The highest BCUT2D eigenvalue weighted by Gasteiger charge is 2.17. The third kappa shape index (κ3) is 0.431. The first-order chi connectivity index (χ1) is 4.92. The Kier molecular flexibility index (Phi) is 0.634. The molecule has 0 radical (unpaired) electrons. The van der Waals surface area contributed by atoms with Crippen molar-refractivity contribution in [2.45, 2.75) is 12.8 Å². The maximum Gasteiger partial charge on any atom is -0.00545 e. The molecule has 0 heteroatoms. The molecular formula is C10H8. The fourth-order valence-corrected chi connectivity index (χ4v) is 1.94. The third-order valence-corrected chi connectivity index (χ3v) is 2.42. The molecule has 0 saturated carbocycles. The highest BCUT2D eigenvalue weighted by atomic mass is 14.2. The molecule has 1 aromatic rings. The molecule has 3 bridgehead atoms. The molecular weight excluding hydrogens is 120 g/mol. The van der Waals surface area contributed by atoms with Gasteiger partial charge >= 0.3 is 0 Å². The fourth-order valence-electron chi connectivity index (χ4n) is 1.94. The molecule has 0 nitrogen and oxygen atoms in total. The molecule has 0 heterocycles. The maximum absolute atomic E-state index is 2.34. The molecule has 3 rings (SSSR count). The van der Waals surface area contributed by atoms with Crippen LogP contribution in [0.15, 0.2) is 23.8 Å². The summed E-state index contributed by atoms with van der Waals surface area (Å²) in [5.41, 5.74) is 6.09. The highest BCUT2D eigenvalue weighted by molar-refractivity contribution is 5.68. The summed E-state index contributed by atoms with van der Waals surface area (Å²) in [6, 6.07) is 6.83. The quantitative estimate of drug-likeness (QED) is 0.502. The largest absolute Gasteiger partial charge is 0.0608 e. The molecule has 2 aliphatic carbocycles. The molecule has 0 unspecified atom stereocenters. The first-order valence-corrected chi connectivity index (χ1v) is 3.73. The van der Waals surface area contributed by atoms with Crippen LogP contribution in [0.25, 0.3) is 6.08 Å². The standard InChI is InChI=1S/C10H8/c1-2-9-5-8-3-7(1)4-10(9)6-8/h1-2,4,6H,3,5H2. The van der Waals surface area contributed by atoms with Gasteiger partial charge in [-0.2, -0.15) is 0 Å². The van der Waals surface area contributed by atoms with Gasteiger partial charge in [0.05, 0.1) is 0 Å². The Hall–Kier alpha value is -1.04. The zero-order chi connectivity index (χ0) is 6.55. The van der Waals surface area contributed by atoms with Crippen LogP contribution in [0, 0.1) is 0 Å². The lowest BCUT2D eigenvalue weighted by atomic mass is 10.0. The summed E-state index contributed by atoms with van der Waals surface area (Å²) >= 11 is 0. The first-order valence-electron chi connectivity index (χ1n) is 3.73. The van der Waals surface area contributed by atoms with E-state index >= 15 is 0 Å². The van der Waals surface area contributed by atoms with Crippen LogP contribution >= 0.6 is 0 Å². The summed E-state index contributed by atoms with van der Waals surface area (Å²) in [6.45, 7) is 0. The van der Waals surface area contributed by atoms with Crippen LogP contribution in [0.1, 0.15) is 16.7 Å². The van der Waals surface area contributed by atoms with Crippen molar-refractivity contribution in [3.63, 3.8) is 0 Å². The van der Waals surface area contributed by atoms with E-state index in [0.717, 1.165) is 0 Å². The molecule has 0 fully saturated rings. The third-order valence-electron chi connectivity index (χ3n) is 2.42. The van der Waals surface area contributed by atoms with Crippen molar-refractivity contribution in [1.29, 1.82) is 0 Å². The monoisotopic (exact) mass is 128 g/mol. The van der Waals surface area contributed by atoms with Crippen molar-refractivity contribution in [1.82, 2.24) is 0 Å². The molecule has 0 amide bonds. The van der Waals surface area contributed by atoms with Gasteiger partial charge in [0.25, 0.3) is 0 Å². The molecule has 0 saturated heterocycles. The predicted molar refractivity (Wildman–Crippen MR) is 41.8 cm³/mol. The number of hydrogen-bond donors (Lipinski definition) is 0. The van der Waals surface area contributed by atoms with Crippen LogP contribution in [-0.4, -0.2) is 0 Å². The van der Waals surface area contributed by atoms with E-state index in [1.807, 2.05) is 0 Å². The second-order valence-electron chi connectivity index (χ2n) is 3.19. The molecule has 10 heavy (non-hydrogen) atoms. The zero-order valence-electron chi connectivity index (χ0n) is 5.72. The van der Waals surface area contributed by atoms with Crippen LogP contribution in [0.3, 0.4) is 0 Å². The van der Waals surface area contributed by atoms with Gasteiger partial charge in [0.15, 0.2) is 0 Å². The Balaban J connectivity index is 2.46. The second-order valence-corrected chi connectivity index (χ2v) is 3.19. The topological polar surface area (TPSA) is 0 Å². The van der Waals surface area contributed by atoms with Crippen LogP contribution in [-0.2, 0) is 12.8 Å². The number of rotatable bonds is 0. The summed E-state index contributed by atoms with van der Waals surface area (Å²) < 4.78 is 0. The molecule has 0 aromatic heterocycles. The molecule has 0 N–H and O–H groups in total. The smallest absolute Gasteiger partial charge is 0.00545 e. The van der Waals surface area contributed by atoms with Crippen molar-refractivity contribution in [3.05, 3.63) is 40.5 Å². The van der Waals surface area contributed by atoms with Gasteiger partial charge in [-0.3, -0.25) is 0 Å². The molecule has 0 aliphatic heterocycles. The van der Waals surface area contributed by atoms with Crippen molar-refractivity contribution in [2.24, 2.45) is 0 Å². The summed E-state index contributed by atoms with van der Waals surface area (Å²) in [5.74, 6) is 0. The van der Waals surface area contributed by atoms with Gasteiger partial charge in [-0.1, -0.05) is 29.8 Å².